The largest absolute Gasteiger partial charge is 0.316 e. The third kappa shape index (κ3) is 2.51. The molecule has 1 aliphatic heterocycles. The lowest BCUT2D eigenvalue weighted by atomic mass is 9.96. The zero-order chi connectivity index (χ0) is 13.2. The van der Waals surface area contributed by atoms with Crippen molar-refractivity contribution in [3.8, 4) is 5.69 Å². The van der Waals surface area contributed by atoms with Crippen LogP contribution >= 0.6 is 11.6 Å². The van der Waals surface area contributed by atoms with Crippen LogP contribution in [0.15, 0.2) is 30.7 Å². The number of hydrogen-bond donors (Lipinski definition) is 1. The van der Waals surface area contributed by atoms with E-state index < -0.39 is 5.82 Å². The third-order valence-corrected chi connectivity index (χ3v) is 3.87. The molecule has 0 bridgehead atoms. The normalized spacial score (nSPS) is 19.6. The topological polar surface area (TPSA) is 29.9 Å². The molecule has 0 amide bonds. The summed E-state index contributed by atoms with van der Waals surface area (Å²) in [5.41, 5.74) is 1.88. The van der Waals surface area contributed by atoms with Gasteiger partial charge in [0.25, 0.3) is 0 Å². The zero-order valence-electron chi connectivity index (χ0n) is 10.4. The average molecular weight is 280 g/mol. The average Bonchev–Trinajstić information content (AvgIpc) is 2.92. The number of aromatic nitrogens is 2. The Bertz CT molecular complexity index is 576. The van der Waals surface area contributed by atoms with Crippen LogP contribution in [0.25, 0.3) is 5.69 Å². The van der Waals surface area contributed by atoms with Crippen molar-refractivity contribution in [2.45, 2.75) is 18.8 Å². The van der Waals surface area contributed by atoms with E-state index in [-0.39, 0.29) is 5.02 Å². The standard InChI is InChI=1S/C14H15ClFN3/c15-12-4-3-11(6-13(12)16)19-9-18-8-14(19)10-2-1-5-17-7-10/h3-4,6,8-10,17H,1-2,5,7H2. The number of benzene rings is 1. The molecule has 3 rings (SSSR count). The summed E-state index contributed by atoms with van der Waals surface area (Å²) in [6, 6.07) is 4.84. The van der Waals surface area contributed by atoms with E-state index in [9.17, 15) is 4.39 Å². The predicted molar refractivity (Wildman–Crippen MR) is 73.4 cm³/mol. The summed E-state index contributed by atoms with van der Waals surface area (Å²) < 4.78 is 15.5. The van der Waals surface area contributed by atoms with Crippen LogP contribution in [0, 0.1) is 5.82 Å². The first-order valence-corrected chi connectivity index (χ1v) is 6.82. The van der Waals surface area contributed by atoms with E-state index >= 15 is 0 Å². The molecule has 0 radical (unpaired) electrons. The van der Waals surface area contributed by atoms with Crippen molar-refractivity contribution < 1.29 is 4.39 Å². The second-order valence-electron chi connectivity index (χ2n) is 4.83. The molecule has 1 aromatic carbocycles. The van der Waals surface area contributed by atoms with Crippen LogP contribution in [-0.4, -0.2) is 22.6 Å². The fourth-order valence-electron chi connectivity index (χ4n) is 2.56. The molecule has 1 saturated heterocycles. The molecule has 1 fully saturated rings. The van der Waals surface area contributed by atoms with Gasteiger partial charge in [-0.15, -0.1) is 0 Å². The third-order valence-electron chi connectivity index (χ3n) is 3.56. The highest BCUT2D eigenvalue weighted by Gasteiger charge is 2.19. The van der Waals surface area contributed by atoms with Gasteiger partial charge in [-0.1, -0.05) is 11.6 Å². The number of rotatable bonds is 2. The Morgan fingerprint density at radius 1 is 1.42 bits per heavy atom. The number of nitrogens with one attached hydrogen (secondary N) is 1. The Morgan fingerprint density at radius 3 is 3.05 bits per heavy atom. The van der Waals surface area contributed by atoms with Crippen molar-refractivity contribution in [1.82, 2.24) is 14.9 Å². The molecule has 0 saturated carbocycles. The van der Waals surface area contributed by atoms with Gasteiger partial charge in [-0.05, 0) is 37.6 Å². The maximum Gasteiger partial charge on any atom is 0.143 e. The predicted octanol–water partition coefficient (Wildman–Crippen LogP) is 3.13. The molecule has 19 heavy (non-hydrogen) atoms. The summed E-state index contributed by atoms with van der Waals surface area (Å²) in [5.74, 6) is 0.0237. The molecule has 1 unspecified atom stereocenters. The zero-order valence-corrected chi connectivity index (χ0v) is 11.2. The summed E-state index contributed by atoms with van der Waals surface area (Å²) in [4.78, 5) is 4.21. The van der Waals surface area contributed by atoms with Gasteiger partial charge in [0.2, 0.25) is 0 Å². The van der Waals surface area contributed by atoms with Crippen molar-refractivity contribution in [1.29, 1.82) is 0 Å². The highest BCUT2D eigenvalue weighted by atomic mass is 35.5. The first-order valence-electron chi connectivity index (χ1n) is 6.44. The molecule has 1 aliphatic rings. The lowest BCUT2D eigenvalue weighted by Gasteiger charge is -2.23. The monoisotopic (exact) mass is 279 g/mol. The Balaban J connectivity index is 1.96. The van der Waals surface area contributed by atoms with Crippen LogP contribution < -0.4 is 5.32 Å². The van der Waals surface area contributed by atoms with Crippen LogP contribution in [-0.2, 0) is 0 Å². The Hall–Kier alpha value is -1.39. The lowest BCUT2D eigenvalue weighted by Crippen LogP contribution is -2.29. The molecule has 3 nitrogen and oxygen atoms in total. The molecule has 1 atom stereocenters. The van der Waals surface area contributed by atoms with Crippen molar-refractivity contribution in [3.63, 3.8) is 0 Å². The van der Waals surface area contributed by atoms with Crippen LogP contribution in [0.2, 0.25) is 5.02 Å². The Morgan fingerprint density at radius 2 is 2.32 bits per heavy atom. The van der Waals surface area contributed by atoms with Gasteiger partial charge in [0.15, 0.2) is 0 Å². The molecule has 2 aromatic rings. The van der Waals surface area contributed by atoms with Crippen LogP contribution in [0.5, 0.6) is 0 Å². The number of nitrogens with zero attached hydrogens (tertiary/aromatic N) is 2. The Kier molecular flexibility index (Phi) is 3.53. The fourth-order valence-corrected chi connectivity index (χ4v) is 2.68. The van der Waals surface area contributed by atoms with Gasteiger partial charge < -0.3 is 9.88 Å². The van der Waals surface area contributed by atoms with E-state index in [4.69, 9.17) is 11.6 Å². The second kappa shape index (κ2) is 5.31. The molecule has 2 heterocycles. The molecule has 1 N–H and O–H groups in total. The van der Waals surface area contributed by atoms with Crippen LogP contribution in [0.1, 0.15) is 24.5 Å². The minimum atomic E-state index is -0.402. The van der Waals surface area contributed by atoms with Gasteiger partial charge in [-0.3, -0.25) is 0 Å². The SMILES string of the molecule is Fc1cc(-n2cncc2C2CCCNC2)ccc1Cl. The maximum absolute atomic E-state index is 13.6. The van der Waals surface area contributed by atoms with Crippen molar-refractivity contribution >= 4 is 11.6 Å². The first kappa shape index (κ1) is 12.6. The van der Waals surface area contributed by atoms with Gasteiger partial charge in [-0.25, -0.2) is 9.37 Å². The molecule has 0 spiro atoms. The fraction of sp³-hybridized carbons (Fsp3) is 0.357. The van der Waals surface area contributed by atoms with Crippen molar-refractivity contribution in [3.05, 3.63) is 47.3 Å². The quantitative estimate of drug-likeness (QED) is 0.915. The molecule has 5 heteroatoms. The Labute approximate surface area is 116 Å². The van der Waals surface area contributed by atoms with Gasteiger partial charge in [-0.2, -0.15) is 0 Å². The second-order valence-corrected chi connectivity index (χ2v) is 5.24. The summed E-state index contributed by atoms with van der Waals surface area (Å²) in [5, 5.41) is 3.53. The minimum absolute atomic E-state index is 0.143. The number of halogens is 2. The van der Waals surface area contributed by atoms with E-state index in [0.29, 0.717) is 5.92 Å². The van der Waals surface area contributed by atoms with Crippen LogP contribution in [0.4, 0.5) is 4.39 Å². The van der Waals surface area contributed by atoms with E-state index in [1.54, 1.807) is 12.4 Å². The molecule has 1 aromatic heterocycles. The smallest absolute Gasteiger partial charge is 0.143 e. The number of imidazole rings is 1. The van der Waals surface area contributed by atoms with E-state index in [2.05, 4.69) is 10.3 Å². The first-order chi connectivity index (χ1) is 9.25. The lowest BCUT2D eigenvalue weighted by molar-refractivity contribution is 0.451. The highest BCUT2D eigenvalue weighted by Crippen LogP contribution is 2.26. The summed E-state index contributed by atoms with van der Waals surface area (Å²) in [7, 11) is 0. The van der Waals surface area contributed by atoms with Gasteiger partial charge in [0.05, 0.1) is 11.3 Å². The van der Waals surface area contributed by atoms with Gasteiger partial charge in [0.1, 0.15) is 5.82 Å². The minimum Gasteiger partial charge on any atom is -0.316 e. The van der Waals surface area contributed by atoms with Gasteiger partial charge in [0, 0.05) is 30.0 Å². The molecular weight excluding hydrogens is 265 g/mol. The summed E-state index contributed by atoms with van der Waals surface area (Å²) in [6.45, 7) is 2.02. The van der Waals surface area contributed by atoms with E-state index in [1.807, 2.05) is 16.8 Å². The number of hydrogen-bond acceptors (Lipinski definition) is 2. The van der Waals surface area contributed by atoms with Crippen LogP contribution in [0.3, 0.4) is 0 Å². The van der Waals surface area contributed by atoms with E-state index in [0.717, 1.165) is 37.3 Å². The summed E-state index contributed by atoms with van der Waals surface area (Å²) in [6.07, 6.45) is 5.89. The maximum atomic E-state index is 13.6. The molecular formula is C14H15ClFN3. The highest BCUT2D eigenvalue weighted by molar-refractivity contribution is 6.30. The van der Waals surface area contributed by atoms with Gasteiger partial charge >= 0.3 is 0 Å². The molecule has 0 aliphatic carbocycles. The molecule has 100 valence electrons. The van der Waals surface area contributed by atoms with Crippen molar-refractivity contribution in [2.24, 2.45) is 0 Å². The van der Waals surface area contributed by atoms with E-state index in [1.165, 1.54) is 6.07 Å². The number of piperidine rings is 1. The van der Waals surface area contributed by atoms with Crippen molar-refractivity contribution in [2.75, 3.05) is 13.1 Å². The summed E-state index contributed by atoms with van der Waals surface area (Å²) >= 11 is 5.72.